The van der Waals surface area contributed by atoms with Crippen molar-refractivity contribution in [2.45, 2.75) is 19.1 Å². The number of nitrogens with zero attached hydrogens (tertiary/aromatic N) is 1. The van der Waals surface area contributed by atoms with Gasteiger partial charge in [0.05, 0.1) is 6.10 Å². The Bertz CT molecular complexity index is 397. The molecule has 0 saturated heterocycles. The van der Waals surface area contributed by atoms with Gasteiger partial charge in [-0.3, -0.25) is 0 Å². The standard InChI is InChI=1S/C17H21INO/c1-13(17(20-3)15-7-5-4-6-8-15)19(2)12-14-9-10-16(18)11-14/h4-11,13,17H,12H2,1-3H3/t13-,17+/m0/s1. The Hall–Kier alpha value is -0.130. The van der Waals surface area contributed by atoms with Crippen LogP contribution in [0.1, 0.15) is 18.6 Å². The van der Waals surface area contributed by atoms with Gasteiger partial charge >= 0.3 is 0 Å². The first-order valence-corrected chi connectivity index (χ1v) is 7.88. The topological polar surface area (TPSA) is 12.5 Å². The van der Waals surface area contributed by atoms with Gasteiger partial charge in [-0.2, -0.15) is 0 Å². The molecule has 1 aromatic carbocycles. The fourth-order valence-corrected chi connectivity index (χ4v) is 3.06. The number of ether oxygens (including phenoxy) is 1. The first-order valence-electron chi connectivity index (χ1n) is 6.81. The van der Waals surface area contributed by atoms with Crippen LogP contribution in [0, 0.1) is 29.1 Å². The van der Waals surface area contributed by atoms with E-state index in [2.05, 4.69) is 85.0 Å². The third-order valence-corrected chi connectivity index (χ3v) is 4.40. The zero-order valence-corrected chi connectivity index (χ0v) is 14.4. The third-order valence-electron chi connectivity index (χ3n) is 3.73. The molecule has 20 heavy (non-hydrogen) atoms. The van der Waals surface area contributed by atoms with Crippen molar-refractivity contribution in [3.63, 3.8) is 0 Å². The van der Waals surface area contributed by atoms with E-state index < -0.39 is 0 Å². The average Bonchev–Trinajstić information content (AvgIpc) is 2.86. The predicted octanol–water partition coefficient (Wildman–Crippen LogP) is 3.86. The molecule has 1 aromatic rings. The van der Waals surface area contributed by atoms with Gasteiger partial charge in [0, 0.05) is 23.6 Å². The summed E-state index contributed by atoms with van der Waals surface area (Å²) in [7, 11) is 3.94. The zero-order valence-electron chi connectivity index (χ0n) is 12.2. The number of benzene rings is 1. The minimum atomic E-state index is 0.0928. The number of hydrogen-bond acceptors (Lipinski definition) is 2. The molecule has 1 fully saturated rings. The second-order valence-electron chi connectivity index (χ2n) is 5.16. The van der Waals surface area contributed by atoms with Crippen LogP contribution < -0.4 is 0 Å². The molecule has 1 aliphatic carbocycles. The molecular weight excluding hydrogens is 361 g/mol. The molecule has 0 spiro atoms. The maximum absolute atomic E-state index is 5.72. The van der Waals surface area contributed by atoms with Gasteiger partial charge in [-0.25, -0.2) is 0 Å². The predicted molar refractivity (Wildman–Crippen MR) is 91.7 cm³/mol. The molecule has 2 atom stereocenters. The Morgan fingerprint density at radius 3 is 2.45 bits per heavy atom. The number of methoxy groups -OCH3 is 1. The van der Waals surface area contributed by atoms with Gasteiger partial charge in [0.2, 0.25) is 0 Å². The van der Waals surface area contributed by atoms with Crippen molar-refractivity contribution in [2.24, 2.45) is 0 Å². The maximum Gasteiger partial charge on any atom is 0.0973 e. The molecule has 5 radical (unpaired) electrons. The van der Waals surface area contributed by atoms with E-state index in [-0.39, 0.29) is 6.10 Å². The molecular formula is C17H21INO. The van der Waals surface area contributed by atoms with Crippen LogP contribution in [0.3, 0.4) is 0 Å². The van der Waals surface area contributed by atoms with Crippen LogP contribution in [-0.2, 0) is 4.74 Å². The van der Waals surface area contributed by atoms with Crippen molar-refractivity contribution in [2.75, 3.05) is 20.7 Å². The highest BCUT2D eigenvalue weighted by Crippen LogP contribution is 2.36. The molecule has 0 aromatic heterocycles. The Balaban J connectivity index is 1.95. The highest BCUT2D eigenvalue weighted by molar-refractivity contribution is 14.1. The molecule has 1 aliphatic rings. The largest absolute Gasteiger partial charge is 0.375 e. The molecule has 2 nitrogen and oxygen atoms in total. The minimum absolute atomic E-state index is 0.0928. The van der Waals surface area contributed by atoms with Crippen molar-refractivity contribution in [1.29, 1.82) is 0 Å². The number of halogens is 1. The molecule has 0 bridgehead atoms. The summed E-state index contributed by atoms with van der Waals surface area (Å²) in [5.41, 5.74) is 1.23. The lowest BCUT2D eigenvalue weighted by Gasteiger charge is -2.32. The molecule has 0 heterocycles. The van der Waals surface area contributed by atoms with Crippen LogP contribution in [0.2, 0.25) is 0 Å². The lowest BCUT2D eigenvalue weighted by molar-refractivity contribution is 0.0321. The maximum atomic E-state index is 5.72. The van der Waals surface area contributed by atoms with Crippen molar-refractivity contribution >= 4 is 22.6 Å². The molecule has 1 saturated carbocycles. The SMILES string of the molecule is CO[C@@H](c1ccccc1)[C@H](C)N(C)C[C]1[CH][CH][C](I)[CH]1. The number of hydrogen-bond donors (Lipinski definition) is 0. The third kappa shape index (κ3) is 4.18. The van der Waals surface area contributed by atoms with Gasteiger partial charge in [-0.1, -0.05) is 52.9 Å². The quantitative estimate of drug-likeness (QED) is 0.693. The van der Waals surface area contributed by atoms with Gasteiger partial charge in [-0.05, 0) is 44.7 Å². The van der Waals surface area contributed by atoms with E-state index in [4.69, 9.17) is 4.74 Å². The summed E-state index contributed by atoms with van der Waals surface area (Å²) in [5, 5.41) is 0. The Morgan fingerprint density at radius 2 is 1.90 bits per heavy atom. The molecule has 0 N–H and O–H groups in total. The fourth-order valence-electron chi connectivity index (χ4n) is 2.48. The summed E-state index contributed by atoms with van der Waals surface area (Å²) >= 11 is 2.35. The van der Waals surface area contributed by atoms with Crippen molar-refractivity contribution in [1.82, 2.24) is 4.90 Å². The van der Waals surface area contributed by atoms with Crippen LogP contribution in [-0.4, -0.2) is 31.6 Å². The summed E-state index contributed by atoms with van der Waals surface area (Å²) in [4.78, 5) is 2.34. The van der Waals surface area contributed by atoms with Crippen LogP contribution in [0.25, 0.3) is 0 Å². The van der Waals surface area contributed by atoms with E-state index >= 15 is 0 Å². The molecule has 0 amide bonds. The van der Waals surface area contributed by atoms with Crippen LogP contribution in [0.4, 0.5) is 0 Å². The lowest BCUT2D eigenvalue weighted by atomic mass is 10.0. The summed E-state index contributed by atoms with van der Waals surface area (Å²) in [6.45, 7) is 3.16. The molecule has 107 valence electrons. The van der Waals surface area contributed by atoms with Crippen LogP contribution >= 0.6 is 22.6 Å². The summed E-state index contributed by atoms with van der Waals surface area (Å²) in [5.74, 6) is 1.35. The van der Waals surface area contributed by atoms with E-state index in [0.29, 0.717) is 6.04 Å². The molecule has 0 unspecified atom stereocenters. The minimum Gasteiger partial charge on any atom is -0.375 e. The first kappa shape index (κ1) is 16.2. The Morgan fingerprint density at radius 1 is 1.20 bits per heavy atom. The second-order valence-corrected chi connectivity index (χ2v) is 6.41. The van der Waals surface area contributed by atoms with Gasteiger partial charge < -0.3 is 9.64 Å². The van der Waals surface area contributed by atoms with Crippen LogP contribution in [0.15, 0.2) is 30.3 Å². The number of rotatable bonds is 6. The van der Waals surface area contributed by atoms with E-state index in [1.54, 1.807) is 7.11 Å². The first-order chi connectivity index (χ1) is 9.61. The molecule has 0 aliphatic heterocycles. The summed E-state index contributed by atoms with van der Waals surface area (Å²) in [6.07, 6.45) is 6.67. The highest BCUT2D eigenvalue weighted by atomic mass is 127. The van der Waals surface area contributed by atoms with Crippen molar-refractivity contribution in [3.05, 3.63) is 65.0 Å². The van der Waals surface area contributed by atoms with E-state index in [1.165, 1.54) is 15.4 Å². The van der Waals surface area contributed by atoms with E-state index in [1.807, 2.05) is 6.07 Å². The van der Waals surface area contributed by atoms with Crippen molar-refractivity contribution in [3.8, 4) is 0 Å². The monoisotopic (exact) mass is 382 g/mol. The molecule has 3 heteroatoms. The average molecular weight is 382 g/mol. The normalized spacial score (nSPS) is 20.4. The number of likely N-dealkylation sites (N-methyl/N-ethyl adjacent to an activating group) is 1. The summed E-state index contributed by atoms with van der Waals surface area (Å²) in [6, 6.07) is 10.7. The fraction of sp³-hybridized carbons (Fsp3) is 0.353. The van der Waals surface area contributed by atoms with E-state index in [9.17, 15) is 0 Å². The van der Waals surface area contributed by atoms with Crippen LogP contribution in [0.5, 0.6) is 0 Å². The van der Waals surface area contributed by atoms with Gasteiger partial charge in [0.1, 0.15) is 0 Å². The van der Waals surface area contributed by atoms with Crippen molar-refractivity contribution < 1.29 is 4.74 Å². The van der Waals surface area contributed by atoms with E-state index in [0.717, 1.165) is 6.54 Å². The highest BCUT2D eigenvalue weighted by Gasteiger charge is 2.29. The summed E-state index contributed by atoms with van der Waals surface area (Å²) < 4.78 is 7.02. The lowest BCUT2D eigenvalue weighted by Crippen LogP contribution is -2.37. The Kier molecular flexibility index (Phi) is 6.30. The zero-order chi connectivity index (χ0) is 14.5. The molecule has 2 rings (SSSR count). The van der Waals surface area contributed by atoms with Gasteiger partial charge in [0.25, 0.3) is 0 Å². The van der Waals surface area contributed by atoms with Gasteiger partial charge in [0.15, 0.2) is 0 Å². The second kappa shape index (κ2) is 7.76. The Labute approximate surface area is 137 Å². The smallest absolute Gasteiger partial charge is 0.0973 e. The van der Waals surface area contributed by atoms with Gasteiger partial charge in [-0.15, -0.1) is 0 Å².